The van der Waals surface area contributed by atoms with E-state index in [0.717, 1.165) is 31.2 Å². The summed E-state index contributed by atoms with van der Waals surface area (Å²) in [7, 11) is 1.85. The quantitative estimate of drug-likeness (QED) is 0.879. The third-order valence-electron chi connectivity index (χ3n) is 3.91. The number of halogens is 1. The van der Waals surface area contributed by atoms with E-state index in [0.29, 0.717) is 17.3 Å². The average Bonchev–Trinajstić information content (AvgIpc) is 2.78. The molecule has 0 atom stereocenters. The van der Waals surface area contributed by atoms with Gasteiger partial charge in [0.15, 0.2) is 0 Å². The van der Waals surface area contributed by atoms with Crippen molar-refractivity contribution in [2.45, 2.75) is 38.2 Å². The number of benzene rings is 1. The van der Waals surface area contributed by atoms with Crippen LogP contribution in [-0.4, -0.2) is 41.7 Å². The van der Waals surface area contributed by atoms with Crippen LogP contribution in [0.1, 0.15) is 31.2 Å². The first-order chi connectivity index (χ1) is 9.88. The van der Waals surface area contributed by atoms with Crippen molar-refractivity contribution in [2.75, 3.05) is 25.5 Å². The summed E-state index contributed by atoms with van der Waals surface area (Å²) in [5.41, 5.74) is 1.05. The van der Waals surface area contributed by atoms with Crippen LogP contribution >= 0.6 is 11.6 Å². The summed E-state index contributed by atoms with van der Waals surface area (Å²) in [4.78, 5) is 13.9. The topological polar surface area (TPSA) is 52.6 Å². The highest BCUT2D eigenvalue weighted by molar-refractivity contribution is 6.33. The Hall–Kier alpha value is -1.10. The van der Waals surface area contributed by atoms with E-state index in [1.165, 1.54) is 0 Å². The molecule has 1 aliphatic carbocycles. The lowest BCUT2D eigenvalue weighted by Gasteiger charge is -2.28. The molecule has 1 fully saturated rings. The second kappa shape index (κ2) is 6.77. The number of carbonyl (C=O) groups is 1. The summed E-state index contributed by atoms with van der Waals surface area (Å²) >= 11 is 6.10. The van der Waals surface area contributed by atoms with E-state index in [-0.39, 0.29) is 12.5 Å². The van der Waals surface area contributed by atoms with Gasteiger partial charge in [-0.2, -0.15) is 0 Å². The number of rotatable bonds is 5. The van der Waals surface area contributed by atoms with Crippen LogP contribution in [0.4, 0.5) is 5.69 Å². The maximum absolute atomic E-state index is 12.0. The summed E-state index contributed by atoms with van der Waals surface area (Å²) in [6.45, 7) is 2.72. The molecule has 21 heavy (non-hydrogen) atoms. The van der Waals surface area contributed by atoms with Gasteiger partial charge in [-0.05, 0) is 44.5 Å². The first kappa shape index (κ1) is 16.3. The lowest BCUT2D eigenvalue weighted by atomic mass is 10.0. The Morgan fingerprint density at radius 3 is 2.71 bits per heavy atom. The van der Waals surface area contributed by atoms with Gasteiger partial charge in [-0.1, -0.05) is 30.5 Å². The lowest BCUT2D eigenvalue weighted by Crippen LogP contribution is -2.42. The number of hydrogen-bond acceptors (Lipinski definition) is 3. The number of hydrogen-bond donors (Lipinski definition) is 2. The number of anilines is 1. The van der Waals surface area contributed by atoms with Crippen LogP contribution in [0.5, 0.6) is 0 Å². The number of amides is 1. The third-order valence-corrected chi connectivity index (χ3v) is 4.22. The molecule has 0 saturated heterocycles. The predicted molar refractivity (Wildman–Crippen MR) is 85.7 cm³/mol. The second-order valence-electron chi connectivity index (χ2n) is 6.14. The van der Waals surface area contributed by atoms with E-state index < -0.39 is 5.60 Å². The van der Waals surface area contributed by atoms with Gasteiger partial charge in [0.2, 0.25) is 5.91 Å². The van der Waals surface area contributed by atoms with E-state index in [4.69, 9.17) is 11.6 Å². The van der Waals surface area contributed by atoms with Crippen molar-refractivity contribution in [3.63, 3.8) is 0 Å². The molecule has 1 aromatic carbocycles. The Morgan fingerprint density at radius 2 is 2.10 bits per heavy atom. The number of aliphatic hydroxyl groups is 1. The largest absolute Gasteiger partial charge is 0.389 e. The van der Waals surface area contributed by atoms with Crippen LogP contribution in [-0.2, 0) is 4.79 Å². The first-order valence-corrected chi connectivity index (χ1v) is 7.73. The molecule has 0 aliphatic heterocycles. The number of nitrogens with one attached hydrogen (secondary N) is 1. The molecule has 4 nitrogen and oxygen atoms in total. The van der Waals surface area contributed by atoms with E-state index in [9.17, 15) is 9.90 Å². The molecule has 0 bridgehead atoms. The Bertz CT molecular complexity index is 513. The number of carbonyl (C=O) groups excluding carboxylic acids is 1. The molecule has 2 rings (SSSR count). The van der Waals surface area contributed by atoms with Crippen molar-refractivity contribution in [2.24, 2.45) is 0 Å². The maximum atomic E-state index is 12.0. The van der Waals surface area contributed by atoms with Gasteiger partial charge in [0, 0.05) is 6.54 Å². The van der Waals surface area contributed by atoms with Gasteiger partial charge in [0.05, 0.1) is 22.9 Å². The Kier molecular flexibility index (Phi) is 5.25. The Balaban J connectivity index is 1.86. The van der Waals surface area contributed by atoms with Crippen LogP contribution < -0.4 is 5.32 Å². The van der Waals surface area contributed by atoms with Crippen LogP contribution in [0, 0.1) is 6.92 Å². The summed E-state index contributed by atoms with van der Waals surface area (Å²) in [5.74, 6) is -0.121. The standard InChI is InChI=1S/C16H23ClN2O2/c1-12-5-6-14(13(17)9-12)18-15(20)10-19(2)11-16(21)7-3-4-8-16/h5-6,9,21H,3-4,7-8,10-11H2,1-2H3,(H,18,20). The first-order valence-electron chi connectivity index (χ1n) is 7.35. The SMILES string of the molecule is Cc1ccc(NC(=O)CN(C)CC2(O)CCCC2)c(Cl)c1. The molecule has 0 heterocycles. The number of aryl methyl sites for hydroxylation is 1. The zero-order valence-electron chi connectivity index (χ0n) is 12.7. The molecule has 0 unspecified atom stereocenters. The number of likely N-dealkylation sites (N-methyl/N-ethyl adjacent to an activating group) is 1. The fraction of sp³-hybridized carbons (Fsp3) is 0.562. The third kappa shape index (κ3) is 4.70. The molecular weight excluding hydrogens is 288 g/mol. The molecule has 1 saturated carbocycles. The summed E-state index contributed by atoms with van der Waals surface area (Å²) < 4.78 is 0. The minimum atomic E-state index is -0.628. The van der Waals surface area contributed by atoms with Crippen molar-refractivity contribution >= 4 is 23.2 Å². The van der Waals surface area contributed by atoms with Gasteiger partial charge in [0.1, 0.15) is 0 Å². The molecular formula is C16H23ClN2O2. The van der Waals surface area contributed by atoms with Gasteiger partial charge < -0.3 is 10.4 Å². The summed E-state index contributed by atoms with van der Waals surface area (Å²) in [6, 6.07) is 5.54. The van der Waals surface area contributed by atoms with Gasteiger partial charge in [-0.25, -0.2) is 0 Å². The summed E-state index contributed by atoms with van der Waals surface area (Å²) in [5, 5.41) is 13.7. The number of nitrogens with zero attached hydrogens (tertiary/aromatic N) is 1. The smallest absolute Gasteiger partial charge is 0.238 e. The lowest BCUT2D eigenvalue weighted by molar-refractivity contribution is -0.117. The molecule has 1 amide bonds. The van der Waals surface area contributed by atoms with Crippen LogP contribution in [0.2, 0.25) is 5.02 Å². The highest BCUT2D eigenvalue weighted by atomic mass is 35.5. The highest BCUT2D eigenvalue weighted by Crippen LogP contribution is 2.30. The second-order valence-corrected chi connectivity index (χ2v) is 6.54. The van der Waals surface area contributed by atoms with E-state index in [2.05, 4.69) is 5.32 Å². The molecule has 1 aliphatic rings. The molecule has 0 spiro atoms. The zero-order chi connectivity index (χ0) is 15.5. The highest BCUT2D eigenvalue weighted by Gasteiger charge is 2.32. The van der Waals surface area contributed by atoms with Crippen LogP contribution in [0.15, 0.2) is 18.2 Å². The monoisotopic (exact) mass is 310 g/mol. The van der Waals surface area contributed by atoms with Gasteiger partial charge in [-0.3, -0.25) is 9.69 Å². The van der Waals surface area contributed by atoms with E-state index in [1.807, 2.05) is 31.0 Å². The molecule has 116 valence electrons. The summed E-state index contributed by atoms with van der Waals surface area (Å²) in [6.07, 6.45) is 3.77. The minimum absolute atomic E-state index is 0.121. The van der Waals surface area contributed by atoms with Crippen LogP contribution in [0.25, 0.3) is 0 Å². The normalized spacial score (nSPS) is 17.2. The van der Waals surface area contributed by atoms with Crippen molar-refractivity contribution in [3.05, 3.63) is 28.8 Å². The van der Waals surface area contributed by atoms with Gasteiger partial charge in [0.25, 0.3) is 0 Å². The van der Waals surface area contributed by atoms with Gasteiger partial charge in [-0.15, -0.1) is 0 Å². The predicted octanol–water partition coefficient (Wildman–Crippen LogP) is 2.82. The Morgan fingerprint density at radius 1 is 1.43 bits per heavy atom. The molecule has 0 radical (unpaired) electrons. The fourth-order valence-corrected chi connectivity index (χ4v) is 3.19. The van der Waals surface area contributed by atoms with Crippen molar-refractivity contribution in [1.82, 2.24) is 4.90 Å². The Labute approximate surface area is 131 Å². The zero-order valence-corrected chi connectivity index (χ0v) is 13.4. The molecule has 2 N–H and O–H groups in total. The van der Waals surface area contributed by atoms with Crippen molar-refractivity contribution < 1.29 is 9.90 Å². The molecule has 5 heteroatoms. The maximum Gasteiger partial charge on any atom is 0.238 e. The van der Waals surface area contributed by atoms with Crippen molar-refractivity contribution in [1.29, 1.82) is 0 Å². The average molecular weight is 311 g/mol. The van der Waals surface area contributed by atoms with E-state index >= 15 is 0 Å². The van der Waals surface area contributed by atoms with Crippen LogP contribution in [0.3, 0.4) is 0 Å². The minimum Gasteiger partial charge on any atom is -0.389 e. The molecule has 0 aromatic heterocycles. The van der Waals surface area contributed by atoms with Gasteiger partial charge >= 0.3 is 0 Å². The van der Waals surface area contributed by atoms with E-state index in [1.54, 1.807) is 6.07 Å². The fourth-order valence-electron chi connectivity index (χ4n) is 2.91. The molecule has 1 aromatic rings. The van der Waals surface area contributed by atoms with Crippen molar-refractivity contribution in [3.8, 4) is 0 Å².